The number of nitrogens with one attached hydrogen (secondary N) is 1. The van der Waals surface area contributed by atoms with Crippen LogP contribution in [0.25, 0.3) is 11.3 Å². The SMILES string of the molecule is Cc1ccc(-c2cc(C(F)(F)F)on2)cc1S(=O)(=O)NC1CCC(=O)N(C)CC1. The summed E-state index contributed by atoms with van der Waals surface area (Å²) in [7, 11) is -2.29. The molecule has 158 valence electrons. The number of nitrogens with zero attached hydrogens (tertiary/aromatic N) is 2. The largest absolute Gasteiger partial charge is 0.452 e. The van der Waals surface area contributed by atoms with Crippen molar-refractivity contribution in [3.05, 3.63) is 35.6 Å². The number of halogens is 3. The van der Waals surface area contributed by atoms with Gasteiger partial charge in [-0.25, -0.2) is 13.1 Å². The fourth-order valence-corrected chi connectivity index (χ4v) is 4.68. The average Bonchev–Trinajstić information content (AvgIpc) is 3.08. The molecule has 1 aromatic heterocycles. The molecule has 2 aromatic rings. The predicted octanol–water partition coefficient (Wildman–Crippen LogP) is 2.96. The number of carbonyl (C=O) groups is 1. The van der Waals surface area contributed by atoms with E-state index >= 15 is 0 Å². The third-order valence-corrected chi connectivity index (χ3v) is 6.49. The van der Waals surface area contributed by atoms with Crippen molar-refractivity contribution in [2.24, 2.45) is 0 Å². The molecule has 0 saturated carbocycles. The van der Waals surface area contributed by atoms with Crippen LogP contribution in [0.3, 0.4) is 0 Å². The lowest BCUT2D eigenvalue weighted by Gasteiger charge is -2.18. The number of carbonyl (C=O) groups excluding carboxylic acids is 1. The van der Waals surface area contributed by atoms with E-state index in [4.69, 9.17) is 0 Å². The average molecular weight is 431 g/mol. The Kier molecular flexibility index (Phi) is 5.72. The van der Waals surface area contributed by atoms with E-state index in [-0.39, 0.29) is 28.5 Å². The van der Waals surface area contributed by atoms with Gasteiger partial charge in [0.25, 0.3) is 0 Å². The highest BCUT2D eigenvalue weighted by atomic mass is 32.2. The molecule has 29 heavy (non-hydrogen) atoms. The van der Waals surface area contributed by atoms with Crippen LogP contribution in [-0.4, -0.2) is 44.0 Å². The monoisotopic (exact) mass is 431 g/mol. The molecule has 0 aliphatic carbocycles. The number of benzene rings is 1. The molecule has 1 N–H and O–H groups in total. The zero-order valence-corrected chi connectivity index (χ0v) is 16.6. The molecule has 1 aromatic carbocycles. The molecule has 1 amide bonds. The van der Waals surface area contributed by atoms with Gasteiger partial charge in [0.2, 0.25) is 21.7 Å². The van der Waals surface area contributed by atoms with Gasteiger partial charge in [-0.3, -0.25) is 4.79 Å². The summed E-state index contributed by atoms with van der Waals surface area (Å²) in [6.45, 7) is 2.02. The van der Waals surface area contributed by atoms with Gasteiger partial charge in [0.05, 0.1) is 4.90 Å². The number of hydrogen-bond acceptors (Lipinski definition) is 5. The lowest BCUT2D eigenvalue weighted by atomic mass is 10.1. The topological polar surface area (TPSA) is 92.5 Å². The molecule has 1 aliphatic rings. The van der Waals surface area contributed by atoms with Crippen LogP contribution < -0.4 is 4.72 Å². The molecule has 3 rings (SSSR count). The van der Waals surface area contributed by atoms with Crippen molar-refractivity contribution in [3.8, 4) is 11.3 Å². The minimum atomic E-state index is -4.68. The van der Waals surface area contributed by atoms with Crippen molar-refractivity contribution >= 4 is 15.9 Å². The first-order chi connectivity index (χ1) is 13.5. The second kappa shape index (κ2) is 7.79. The van der Waals surface area contributed by atoms with Gasteiger partial charge in [0, 0.05) is 37.7 Å². The van der Waals surface area contributed by atoms with Crippen LogP contribution in [0.4, 0.5) is 13.2 Å². The number of aromatic nitrogens is 1. The smallest absolute Gasteiger partial charge is 0.351 e. The molecule has 7 nitrogen and oxygen atoms in total. The second-order valence-corrected chi connectivity index (χ2v) is 8.70. The lowest BCUT2D eigenvalue weighted by molar-refractivity contribution is -0.155. The van der Waals surface area contributed by atoms with Gasteiger partial charge in [-0.2, -0.15) is 13.2 Å². The minimum Gasteiger partial charge on any atom is -0.351 e. The third-order valence-electron chi connectivity index (χ3n) is 4.83. The highest BCUT2D eigenvalue weighted by Gasteiger charge is 2.36. The van der Waals surface area contributed by atoms with E-state index in [9.17, 15) is 26.4 Å². The van der Waals surface area contributed by atoms with Gasteiger partial charge in [-0.15, -0.1) is 0 Å². The first kappa shape index (κ1) is 21.3. The molecule has 0 radical (unpaired) electrons. The summed E-state index contributed by atoms with van der Waals surface area (Å²) in [5, 5.41) is 3.40. The van der Waals surface area contributed by atoms with Crippen molar-refractivity contribution in [2.75, 3.05) is 13.6 Å². The Balaban J connectivity index is 1.87. The molecule has 2 heterocycles. The molecule has 0 bridgehead atoms. The van der Waals surface area contributed by atoms with E-state index in [1.807, 2.05) is 0 Å². The quantitative estimate of drug-likeness (QED) is 0.804. The molecule has 0 spiro atoms. The number of amides is 1. The van der Waals surface area contributed by atoms with E-state index in [0.717, 1.165) is 6.07 Å². The van der Waals surface area contributed by atoms with Crippen molar-refractivity contribution in [3.63, 3.8) is 0 Å². The summed E-state index contributed by atoms with van der Waals surface area (Å²) in [6.07, 6.45) is -3.60. The number of likely N-dealkylation sites (tertiary alicyclic amines) is 1. The third kappa shape index (κ3) is 4.78. The highest BCUT2D eigenvalue weighted by molar-refractivity contribution is 7.89. The molecular weight excluding hydrogens is 411 g/mol. The number of aryl methyl sites for hydroxylation is 1. The van der Waals surface area contributed by atoms with Gasteiger partial charge in [-0.05, 0) is 31.4 Å². The van der Waals surface area contributed by atoms with Crippen LogP contribution in [0, 0.1) is 6.92 Å². The van der Waals surface area contributed by atoms with Crippen molar-refractivity contribution in [1.29, 1.82) is 0 Å². The van der Waals surface area contributed by atoms with Crippen molar-refractivity contribution in [1.82, 2.24) is 14.8 Å². The molecule has 1 unspecified atom stereocenters. The van der Waals surface area contributed by atoms with Gasteiger partial charge < -0.3 is 9.42 Å². The van der Waals surface area contributed by atoms with Gasteiger partial charge >= 0.3 is 6.18 Å². The zero-order chi connectivity index (χ0) is 21.4. The highest BCUT2D eigenvalue weighted by Crippen LogP contribution is 2.33. The standard InChI is InChI=1S/C18H20F3N3O4S/c1-11-3-4-12(14-10-16(28-22-14)18(19,20)21)9-15(11)29(26,27)23-13-5-6-17(25)24(2)8-7-13/h3-4,9-10,13,23H,5-8H2,1-2H3. The minimum absolute atomic E-state index is 0.0450. The second-order valence-electron chi connectivity index (χ2n) is 7.02. The Labute approximate surface area is 165 Å². The van der Waals surface area contributed by atoms with Gasteiger partial charge in [0.15, 0.2) is 0 Å². The number of sulfonamides is 1. The van der Waals surface area contributed by atoms with Crippen molar-refractivity contribution < 1.29 is 30.9 Å². The van der Waals surface area contributed by atoms with Crippen molar-refractivity contribution in [2.45, 2.75) is 43.3 Å². The van der Waals surface area contributed by atoms with E-state index < -0.39 is 28.0 Å². The van der Waals surface area contributed by atoms with Crippen LogP contribution in [0.5, 0.6) is 0 Å². The first-order valence-corrected chi connectivity index (χ1v) is 10.4. The lowest BCUT2D eigenvalue weighted by Crippen LogP contribution is -2.35. The maximum absolute atomic E-state index is 12.9. The molecule has 1 atom stereocenters. The Morgan fingerprint density at radius 3 is 2.62 bits per heavy atom. The van der Waals surface area contributed by atoms with Crippen LogP contribution in [0.1, 0.15) is 30.6 Å². The normalized spacial score (nSPS) is 18.7. The molecule has 1 saturated heterocycles. The summed E-state index contributed by atoms with van der Waals surface area (Å²) in [5.74, 6) is -1.31. The number of alkyl halides is 3. The Bertz CT molecular complexity index is 1020. The maximum Gasteiger partial charge on any atom is 0.452 e. The molecular formula is C18H20F3N3O4S. The zero-order valence-electron chi connectivity index (χ0n) is 15.8. The summed E-state index contributed by atoms with van der Waals surface area (Å²) in [6, 6.07) is 4.55. The number of hydrogen-bond donors (Lipinski definition) is 1. The number of rotatable bonds is 4. The van der Waals surface area contributed by atoms with Crippen LogP contribution >= 0.6 is 0 Å². The molecule has 1 aliphatic heterocycles. The fourth-order valence-electron chi connectivity index (χ4n) is 3.10. The Hall–Kier alpha value is -2.40. The van der Waals surface area contributed by atoms with E-state index in [1.165, 1.54) is 18.2 Å². The maximum atomic E-state index is 12.9. The van der Waals surface area contributed by atoms with E-state index in [0.29, 0.717) is 24.9 Å². The Morgan fingerprint density at radius 1 is 1.24 bits per heavy atom. The summed E-state index contributed by atoms with van der Waals surface area (Å²) in [5.41, 5.74) is 0.504. The van der Waals surface area contributed by atoms with Crippen LogP contribution in [0.15, 0.2) is 33.7 Å². The summed E-state index contributed by atoms with van der Waals surface area (Å²) in [4.78, 5) is 13.3. The van der Waals surface area contributed by atoms with Gasteiger partial charge in [0.1, 0.15) is 5.69 Å². The van der Waals surface area contributed by atoms with Gasteiger partial charge in [-0.1, -0.05) is 17.3 Å². The van der Waals surface area contributed by atoms with E-state index in [1.54, 1.807) is 18.9 Å². The molecule has 1 fully saturated rings. The van der Waals surface area contributed by atoms with Crippen LogP contribution in [0.2, 0.25) is 0 Å². The fraction of sp³-hybridized carbons (Fsp3) is 0.444. The van der Waals surface area contributed by atoms with E-state index in [2.05, 4.69) is 14.4 Å². The predicted molar refractivity (Wildman–Crippen MR) is 97.3 cm³/mol. The molecule has 11 heteroatoms. The van der Waals surface area contributed by atoms with Crippen LogP contribution in [-0.2, 0) is 21.0 Å². The summed E-state index contributed by atoms with van der Waals surface area (Å²) < 4.78 is 70.9. The Morgan fingerprint density at radius 2 is 1.97 bits per heavy atom. The first-order valence-electron chi connectivity index (χ1n) is 8.88. The summed E-state index contributed by atoms with van der Waals surface area (Å²) >= 11 is 0.